The van der Waals surface area contributed by atoms with E-state index >= 15 is 0 Å². The van der Waals surface area contributed by atoms with Crippen molar-refractivity contribution in [3.05, 3.63) is 89.0 Å². The molecule has 1 aliphatic rings. The Labute approximate surface area is 192 Å². The largest absolute Gasteiger partial charge is 0.339 e. The van der Waals surface area contributed by atoms with E-state index in [9.17, 15) is 8.78 Å². The summed E-state index contributed by atoms with van der Waals surface area (Å²) in [5, 5.41) is 12.9. The third kappa shape index (κ3) is 3.30. The van der Waals surface area contributed by atoms with E-state index in [1.807, 2.05) is 18.4 Å². The van der Waals surface area contributed by atoms with Crippen molar-refractivity contribution in [1.29, 1.82) is 0 Å². The number of hydrogen-bond donors (Lipinski definition) is 0. The van der Waals surface area contributed by atoms with Gasteiger partial charge >= 0.3 is 0 Å². The number of halogens is 2. The predicted octanol–water partition coefficient (Wildman–Crippen LogP) is 4.40. The van der Waals surface area contributed by atoms with E-state index in [0.29, 0.717) is 41.6 Å². The highest BCUT2D eigenvalue weighted by Crippen LogP contribution is 2.34. The van der Waals surface area contributed by atoms with Crippen LogP contribution in [0.3, 0.4) is 0 Å². The summed E-state index contributed by atoms with van der Waals surface area (Å²) in [4.78, 5) is 9.06. The highest BCUT2D eigenvalue weighted by Gasteiger charge is 2.28. The first-order valence-electron chi connectivity index (χ1n) is 10.9. The van der Waals surface area contributed by atoms with E-state index in [1.54, 1.807) is 29.2 Å². The molecule has 10 heteroatoms. The van der Waals surface area contributed by atoms with Crippen molar-refractivity contribution in [2.75, 3.05) is 0 Å². The maximum Gasteiger partial charge on any atom is 0.229 e. The van der Waals surface area contributed by atoms with Gasteiger partial charge in [-0.05, 0) is 29.8 Å². The van der Waals surface area contributed by atoms with Gasteiger partial charge in [-0.25, -0.2) is 18.4 Å². The second kappa shape index (κ2) is 7.68. The molecule has 6 rings (SSSR count). The molecule has 8 nitrogen and oxygen atoms in total. The maximum absolute atomic E-state index is 14.3. The summed E-state index contributed by atoms with van der Waals surface area (Å²) < 4.78 is 36.6. The summed E-state index contributed by atoms with van der Waals surface area (Å²) in [5.74, 6) is 0.287. The molecule has 0 fully saturated rings. The Bertz CT molecular complexity index is 1510. The second-order valence-electron chi connectivity index (χ2n) is 8.53. The third-order valence-corrected chi connectivity index (χ3v) is 5.90. The summed E-state index contributed by atoms with van der Waals surface area (Å²) >= 11 is 0. The molecule has 0 amide bonds. The number of aromatic nitrogens is 7. The summed E-state index contributed by atoms with van der Waals surface area (Å²) in [7, 11) is 0. The molecular formula is C24H19F2N7O. The summed E-state index contributed by atoms with van der Waals surface area (Å²) in [6.07, 6.45) is 2.50. The lowest BCUT2D eigenvalue weighted by Gasteiger charge is -2.09. The van der Waals surface area contributed by atoms with E-state index in [1.165, 1.54) is 24.3 Å². The van der Waals surface area contributed by atoms with Crippen molar-refractivity contribution < 1.29 is 13.3 Å². The van der Waals surface area contributed by atoms with E-state index in [2.05, 4.69) is 25.4 Å². The zero-order chi connectivity index (χ0) is 23.4. The molecule has 0 N–H and O–H groups in total. The van der Waals surface area contributed by atoms with Crippen LogP contribution in [0, 0.1) is 11.6 Å². The van der Waals surface area contributed by atoms with Crippen LogP contribution in [-0.4, -0.2) is 34.7 Å². The minimum Gasteiger partial charge on any atom is -0.339 e. The fourth-order valence-electron chi connectivity index (χ4n) is 4.17. The molecule has 0 bridgehead atoms. The number of benzene rings is 2. The van der Waals surface area contributed by atoms with Crippen molar-refractivity contribution in [2.45, 2.75) is 32.6 Å². The Hall–Kier alpha value is -4.21. The van der Waals surface area contributed by atoms with Gasteiger partial charge < -0.3 is 4.52 Å². The zero-order valence-electron chi connectivity index (χ0n) is 18.4. The molecule has 0 saturated carbocycles. The first-order chi connectivity index (χ1) is 16.5. The monoisotopic (exact) mass is 459 g/mol. The van der Waals surface area contributed by atoms with Gasteiger partial charge in [0.25, 0.3) is 0 Å². The molecule has 4 heterocycles. The standard InChI is InChI=1S/C24H19F2N7O/c1-13(2)24-28-23(30-34-24)22-21-11-19-17(9-14-3-5-15(25)6-4-14)29-31-33(19)18-8-7-16(26)10-20(18)32(21)12-27-22/h3-8,10,12-13H,9,11H2,1-2H3. The van der Waals surface area contributed by atoms with Crippen LogP contribution in [0.5, 0.6) is 0 Å². The van der Waals surface area contributed by atoms with Gasteiger partial charge in [-0.3, -0.25) is 4.57 Å². The first kappa shape index (κ1) is 20.4. The van der Waals surface area contributed by atoms with Crippen molar-refractivity contribution in [3.8, 4) is 22.9 Å². The number of hydrogen-bond acceptors (Lipinski definition) is 6. The molecule has 0 saturated heterocycles. The quantitative estimate of drug-likeness (QED) is 0.388. The second-order valence-corrected chi connectivity index (χ2v) is 8.53. The van der Waals surface area contributed by atoms with Crippen LogP contribution in [0.2, 0.25) is 0 Å². The van der Waals surface area contributed by atoms with Gasteiger partial charge in [-0.2, -0.15) is 4.98 Å². The number of rotatable bonds is 4. The predicted molar refractivity (Wildman–Crippen MR) is 118 cm³/mol. The average Bonchev–Trinajstić information content (AvgIpc) is 3.53. The normalized spacial score (nSPS) is 12.4. The summed E-state index contributed by atoms with van der Waals surface area (Å²) in [5.41, 5.74) is 5.04. The Morgan fingerprint density at radius 3 is 2.56 bits per heavy atom. The van der Waals surface area contributed by atoms with Crippen LogP contribution in [-0.2, 0) is 12.8 Å². The fourth-order valence-corrected chi connectivity index (χ4v) is 4.17. The number of imidazole rings is 1. The smallest absolute Gasteiger partial charge is 0.229 e. The molecule has 0 unspecified atom stereocenters. The van der Waals surface area contributed by atoms with Crippen molar-refractivity contribution >= 4 is 0 Å². The van der Waals surface area contributed by atoms with Crippen LogP contribution >= 0.6 is 0 Å². The summed E-state index contributed by atoms with van der Waals surface area (Å²) in [6, 6.07) is 10.8. The molecule has 0 aliphatic carbocycles. The Kier molecular flexibility index (Phi) is 4.61. The van der Waals surface area contributed by atoms with Crippen molar-refractivity contribution in [1.82, 2.24) is 34.7 Å². The van der Waals surface area contributed by atoms with E-state index in [-0.39, 0.29) is 17.6 Å². The van der Waals surface area contributed by atoms with Crippen LogP contribution in [0.15, 0.2) is 53.3 Å². The minimum atomic E-state index is -0.378. The highest BCUT2D eigenvalue weighted by molar-refractivity contribution is 5.62. The van der Waals surface area contributed by atoms with Gasteiger partial charge in [0.1, 0.15) is 23.7 Å². The Balaban J connectivity index is 1.52. The highest BCUT2D eigenvalue weighted by atomic mass is 19.1. The molecule has 0 radical (unpaired) electrons. The van der Waals surface area contributed by atoms with Crippen LogP contribution in [0.4, 0.5) is 8.78 Å². The zero-order valence-corrected chi connectivity index (χ0v) is 18.4. The van der Waals surface area contributed by atoms with Gasteiger partial charge in [0.15, 0.2) is 0 Å². The van der Waals surface area contributed by atoms with E-state index in [4.69, 9.17) is 4.52 Å². The molecule has 2 aromatic carbocycles. The van der Waals surface area contributed by atoms with Gasteiger partial charge in [0.2, 0.25) is 11.7 Å². The minimum absolute atomic E-state index is 0.0743. The molecule has 1 aliphatic heterocycles. The molecule has 5 aromatic rings. The maximum atomic E-state index is 14.3. The van der Waals surface area contributed by atoms with Gasteiger partial charge in [0, 0.05) is 24.8 Å². The van der Waals surface area contributed by atoms with E-state index < -0.39 is 0 Å². The molecule has 0 spiro atoms. The van der Waals surface area contributed by atoms with E-state index in [0.717, 1.165) is 22.6 Å². The topological polar surface area (TPSA) is 87.5 Å². The number of nitrogens with zero attached hydrogens (tertiary/aromatic N) is 7. The Morgan fingerprint density at radius 2 is 1.79 bits per heavy atom. The molecular weight excluding hydrogens is 440 g/mol. The lowest BCUT2D eigenvalue weighted by Crippen LogP contribution is -2.04. The van der Waals surface area contributed by atoms with Crippen LogP contribution < -0.4 is 0 Å². The molecule has 170 valence electrons. The SMILES string of the molecule is CC(C)c1nc(-c2ncn3c2Cc2c(Cc4ccc(F)cc4)nnn2-c2ccc(F)cc2-3)no1. The molecule has 0 atom stereocenters. The molecule has 34 heavy (non-hydrogen) atoms. The summed E-state index contributed by atoms with van der Waals surface area (Å²) in [6.45, 7) is 3.94. The van der Waals surface area contributed by atoms with Gasteiger partial charge in [-0.1, -0.05) is 36.4 Å². The fraction of sp³-hybridized carbons (Fsp3) is 0.208. The Morgan fingerprint density at radius 1 is 1.00 bits per heavy atom. The lowest BCUT2D eigenvalue weighted by molar-refractivity contribution is 0.365. The third-order valence-electron chi connectivity index (χ3n) is 5.90. The van der Waals surface area contributed by atoms with Crippen LogP contribution in [0.1, 0.15) is 48.3 Å². The van der Waals surface area contributed by atoms with Gasteiger partial charge in [0.05, 0.1) is 28.5 Å². The lowest BCUT2D eigenvalue weighted by atomic mass is 10.1. The van der Waals surface area contributed by atoms with Gasteiger partial charge in [-0.15, -0.1) is 5.10 Å². The van der Waals surface area contributed by atoms with Crippen LogP contribution in [0.25, 0.3) is 22.9 Å². The number of fused-ring (bicyclic) bond motifs is 5. The van der Waals surface area contributed by atoms with Crippen molar-refractivity contribution in [2.24, 2.45) is 0 Å². The molecule has 3 aromatic heterocycles. The first-order valence-corrected chi connectivity index (χ1v) is 10.9. The van der Waals surface area contributed by atoms with Crippen molar-refractivity contribution in [3.63, 3.8) is 0 Å². The average molecular weight is 459 g/mol.